The normalized spacial score (nSPS) is 21.1. The second-order valence-electron chi connectivity index (χ2n) is 6.06. The number of anilines is 1. The van der Waals surface area contributed by atoms with Gasteiger partial charge in [-0.2, -0.15) is 0 Å². The van der Waals surface area contributed by atoms with Crippen molar-refractivity contribution in [3.63, 3.8) is 0 Å². The Hall–Kier alpha value is -1.65. The first-order valence-electron chi connectivity index (χ1n) is 8.14. The second kappa shape index (κ2) is 6.87. The topological polar surface area (TPSA) is 49.3 Å². The molecule has 0 spiro atoms. The molecule has 5 heteroatoms. The lowest BCUT2D eigenvalue weighted by molar-refractivity contribution is -0.136. The fourth-order valence-electron chi connectivity index (χ4n) is 3.36. The van der Waals surface area contributed by atoms with Crippen molar-refractivity contribution in [2.45, 2.75) is 38.5 Å². The third-order valence-corrected chi connectivity index (χ3v) is 4.64. The minimum Gasteiger partial charge on any atom is -0.355 e. The lowest BCUT2D eigenvalue weighted by Gasteiger charge is -2.34. The van der Waals surface area contributed by atoms with Crippen LogP contribution in [0.1, 0.15) is 38.5 Å². The van der Waals surface area contributed by atoms with Crippen LogP contribution in [0.3, 0.4) is 0 Å². The number of carbonyl (C=O) groups is 1. The first-order chi connectivity index (χ1) is 10.3. The third kappa shape index (κ3) is 3.52. The number of hydrogen-bond donors (Lipinski definition) is 0. The van der Waals surface area contributed by atoms with Gasteiger partial charge >= 0.3 is 0 Å². The van der Waals surface area contributed by atoms with Crippen LogP contribution in [0.4, 0.5) is 5.82 Å². The van der Waals surface area contributed by atoms with Crippen LogP contribution in [0.5, 0.6) is 0 Å². The molecule has 1 amide bonds. The summed E-state index contributed by atoms with van der Waals surface area (Å²) in [5.41, 5.74) is 0. The number of likely N-dealkylation sites (tertiary alicyclic amines) is 1. The molecule has 0 aliphatic carbocycles. The summed E-state index contributed by atoms with van der Waals surface area (Å²) in [6.07, 6.45) is 12.0. The van der Waals surface area contributed by atoms with Crippen molar-refractivity contribution in [3.05, 3.63) is 18.6 Å². The number of aromatic nitrogens is 2. The van der Waals surface area contributed by atoms with E-state index in [9.17, 15) is 4.79 Å². The van der Waals surface area contributed by atoms with Gasteiger partial charge in [0.2, 0.25) is 5.91 Å². The number of carbonyl (C=O) groups excluding carboxylic acids is 1. The zero-order valence-corrected chi connectivity index (χ0v) is 12.6. The molecule has 0 saturated carbocycles. The van der Waals surface area contributed by atoms with Crippen LogP contribution in [-0.4, -0.2) is 47.0 Å². The molecule has 0 bridgehead atoms. The fraction of sp³-hybridized carbons (Fsp3) is 0.688. The SMILES string of the molecule is O=C(C1CCN(c2cnccn2)CC1)N1CCCCCC1. The summed E-state index contributed by atoms with van der Waals surface area (Å²) in [7, 11) is 0. The Morgan fingerprint density at radius 1 is 1.00 bits per heavy atom. The van der Waals surface area contributed by atoms with Gasteiger partial charge in [0.1, 0.15) is 5.82 Å². The molecule has 0 aromatic carbocycles. The standard InChI is InChI=1S/C16H24N4O/c21-16(20-9-3-1-2-4-10-20)14-5-11-19(12-6-14)15-13-17-7-8-18-15/h7-8,13-14H,1-6,9-12H2. The van der Waals surface area contributed by atoms with Crippen LogP contribution in [0, 0.1) is 5.92 Å². The molecule has 1 aromatic heterocycles. The average molecular weight is 288 g/mol. The predicted molar refractivity (Wildman–Crippen MR) is 82.0 cm³/mol. The van der Waals surface area contributed by atoms with E-state index in [-0.39, 0.29) is 5.92 Å². The molecular formula is C16H24N4O. The summed E-state index contributed by atoms with van der Waals surface area (Å²) in [6, 6.07) is 0. The summed E-state index contributed by atoms with van der Waals surface area (Å²) >= 11 is 0. The molecule has 2 fully saturated rings. The van der Waals surface area contributed by atoms with Crippen molar-refractivity contribution in [2.75, 3.05) is 31.1 Å². The lowest BCUT2D eigenvalue weighted by atomic mass is 9.95. The van der Waals surface area contributed by atoms with E-state index in [4.69, 9.17) is 0 Å². The molecule has 2 saturated heterocycles. The molecule has 1 aromatic rings. The summed E-state index contributed by atoms with van der Waals surface area (Å²) < 4.78 is 0. The quantitative estimate of drug-likeness (QED) is 0.836. The molecule has 3 heterocycles. The summed E-state index contributed by atoms with van der Waals surface area (Å²) in [6.45, 7) is 3.73. The largest absolute Gasteiger partial charge is 0.355 e. The van der Waals surface area contributed by atoms with E-state index in [0.717, 1.165) is 44.8 Å². The molecule has 0 atom stereocenters. The zero-order valence-electron chi connectivity index (χ0n) is 12.6. The highest BCUT2D eigenvalue weighted by molar-refractivity contribution is 5.79. The fourth-order valence-corrected chi connectivity index (χ4v) is 3.36. The summed E-state index contributed by atoms with van der Waals surface area (Å²) in [5.74, 6) is 1.52. The van der Waals surface area contributed by atoms with Crippen molar-refractivity contribution < 1.29 is 4.79 Å². The van der Waals surface area contributed by atoms with E-state index >= 15 is 0 Å². The predicted octanol–water partition coefficient (Wildman–Crippen LogP) is 2.10. The molecule has 0 N–H and O–H groups in total. The molecular weight excluding hydrogens is 264 g/mol. The van der Waals surface area contributed by atoms with Crippen LogP contribution in [0.15, 0.2) is 18.6 Å². The van der Waals surface area contributed by atoms with E-state index in [1.165, 1.54) is 25.7 Å². The Kier molecular flexibility index (Phi) is 4.68. The third-order valence-electron chi connectivity index (χ3n) is 4.64. The molecule has 21 heavy (non-hydrogen) atoms. The van der Waals surface area contributed by atoms with Gasteiger partial charge in [0, 0.05) is 44.5 Å². The van der Waals surface area contributed by atoms with E-state index in [1.807, 2.05) is 0 Å². The van der Waals surface area contributed by atoms with Gasteiger partial charge < -0.3 is 9.80 Å². The summed E-state index contributed by atoms with van der Waals surface area (Å²) in [5, 5.41) is 0. The molecule has 2 aliphatic heterocycles. The molecule has 3 rings (SSSR count). The Labute approximate surface area is 126 Å². The minimum atomic E-state index is 0.205. The number of piperidine rings is 1. The first-order valence-corrected chi connectivity index (χ1v) is 8.14. The van der Waals surface area contributed by atoms with Crippen molar-refractivity contribution in [2.24, 2.45) is 5.92 Å². The van der Waals surface area contributed by atoms with Gasteiger partial charge in [-0.05, 0) is 25.7 Å². The number of rotatable bonds is 2. The molecule has 2 aliphatic rings. The molecule has 114 valence electrons. The Bertz CT molecular complexity index is 449. The van der Waals surface area contributed by atoms with Crippen LogP contribution >= 0.6 is 0 Å². The Morgan fingerprint density at radius 3 is 2.33 bits per heavy atom. The second-order valence-corrected chi connectivity index (χ2v) is 6.06. The number of amides is 1. The van der Waals surface area contributed by atoms with Gasteiger partial charge in [-0.15, -0.1) is 0 Å². The highest BCUT2D eigenvalue weighted by Crippen LogP contribution is 2.24. The lowest BCUT2D eigenvalue weighted by Crippen LogP contribution is -2.43. The van der Waals surface area contributed by atoms with Crippen LogP contribution < -0.4 is 4.90 Å². The van der Waals surface area contributed by atoms with Gasteiger partial charge in [-0.1, -0.05) is 12.8 Å². The highest BCUT2D eigenvalue weighted by atomic mass is 16.2. The van der Waals surface area contributed by atoms with E-state index < -0.39 is 0 Å². The highest BCUT2D eigenvalue weighted by Gasteiger charge is 2.29. The van der Waals surface area contributed by atoms with Gasteiger partial charge in [-0.3, -0.25) is 9.78 Å². The maximum absolute atomic E-state index is 12.6. The van der Waals surface area contributed by atoms with Crippen LogP contribution in [0.25, 0.3) is 0 Å². The number of hydrogen-bond acceptors (Lipinski definition) is 4. The van der Waals surface area contributed by atoms with Crippen molar-refractivity contribution in [3.8, 4) is 0 Å². The van der Waals surface area contributed by atoms with E-state index in [1.54, 1.807) is 18.6 Å². The minimum absolute atomic E-state index is 0.205. The van der Waals surface area contributed by atoms with Crippen molar-refractivity contribution in [1.82, 2.24) is 14.9 Å². The zero-order chi connectivity index (χ0) is 14.5. The molecule has 0 radical (unpaired) electrons. The first kappa shape index (κ1) is 14.3. The molecule has 5 nitrogen and oxygen atoms in total. The number of nitrogens with zero attached hydrogens (tertiary/aromatic N) is 4. The van der Waals surface area contributed by atoms with Crippen molar-refractivity contribution >= 4 is 11.7 Å². The Morgan fingerprint density at radius 2 is 1.71 bits per heavy atom. The van der Waals surface area contributed by atoms with Crippen molar-refractivity contribution in [1.29, 1.82) is 0 Å². The molecule has 0 unspecified atom stereocenters. The maximum Gasteiger partial charge on any atom is 0.225 e. The van der Waals surface area contributed by atoms with E-state index in [2.05, 4.69) is 19.8 Å². The van der Waals surface area contributed by atoms with Crippen LogP contribution in [0.2, 0.25) is 0 Å². The van der Waals surface area contributed by atoms with Gasteiger partial charge in [0.25, 0.3) is 0 Å². The monoisotopic (exact) mass is 288 g/mol. The maximum atomic E-state index is 12.6. The van der Waals surface area contributed by atoms with Gasteiger partial charge in [0.15, 0.2) is 0 Å². The summed E-state index contributed by atoms with van der Waals surface area (Å²) in [4.78, 5) is 25.4. The smallest absolute Gasteiger partial charge is 0.225 e. The van der Waals surface area contributed by atoms with Crippen LogP contribution in [-0.2, 0) is 4.79 Å². The van der Waals surface area contributed by atoms with Gasteiger partial charge in [-0.25, -0.2) is 4.98 Å². The van der Waals surface area contributed by atoms with Gasteiger partial charge in [0.05, 0.1) is 6.20 Å². The average Bonchev–Trinajstić information content (AvgIpc) is 2.84. The van der Waals surface area contributed by atoms with E-state index in [0.29, 0.717) is 5.91 Å². The Balaban J connectivity index is 1.54.